The number of hydrogen-bond acceptors (Lipinski definition) is 10. The van der Waals surface area contributed by atoms with Crippen LogP contribution in [-0.4, -0.2) is 42.0 Å². The average molecular weight is 358 g/mol. The van der Waals surface area contributed by atoms with E-state index in [9.17, 15) is 26.4 Å². The molecule has 0 fully saturated rings. The van der Waals surface area contributed by atoms with Gasteiger partial charge in [-0.3, -0.25) is 9.59 Å². The van der Waals surface area contributed by atoms with Gasteiger partial charge in [-0.25, -0.2) is 8.37 Å². The second-order valence-corrected chi connectivity index (χ2v) is 5.81. The molecule has 0 aromatic heterocycles. The Morgan fingerprint density at radius 1 is 0.773 bits per heavy atom. The molecule has 0 unspecified atom stereocenters. The highest BCUT2D eigenvalue weighted by molar-refractivity contribution is 7.82. The summed E-state index contributed by atoms with van der Waals surface area (Å²) in [5.74, 6) is -2.66. The molecule has 126 valence electrons. The standard InChI is InChI=1S/C10H14O10S2/c1-3-7-17-21(13,14)19-9(11)5-6-10(12)20-22(15,16)18-8-4-2/h3-4H,1-2,5-8H2. The lowest BCUT2D eigenvalue weighted by molar-refractivity contribution is -0.141. The van der Waals surface area contributed by atoms with E-state index >= 15 is 0 Å². The number of hydrogen-bond donors (Lipinski definition) is 0. The number of rotatable bonds is 11. The van der Waals surface area contributed by atoms with Crippen LogP contribution in [0.3, 0.4) is 0 Å². The maximum atomic E-state index is 11.2. The Balaban J connectivity index is 4.28. The fourth-order valence-corrected chi connectivity index (χ4v) is 2.07. The van der Waals surface area contributed by atoms with E-state index in [4.69, 9.17) is 0 Å². The van der Waals surface area contributed by atoms with E-state index < -0.39 is 58.8 Å². The van der Waals surface area contributed by atoms with Gasteiger partial charge in [-0.15, -0.1) is 13.2 Å². The van der Waals surface area contributed by atoms with Crippen LogP contribution in [-0.2, 0) is 47.1 Å². The summed E-state index contributed by atoms with van der Waals surface area (Å²) in [6.07, 6.45) is 0.729. The van der Waals surface area contributed by atoms with Gasteiger partial charge < -0.3 is 8.37 Å². The zero-order valence-corrected chi connectivity index (χ0v) is 12.9. The van der Waals surface area contributed by atoms with Crippen molar-refractivity contribution in [3.05, 3.63) is 25.3 Å². The van der Waals surface area contributed by atoms with Gasteiger partial charge >= 0.3 is 32.7 Å². The van der Waals surface area contributed by atoms with Crippen molar-refractivity contribution in [2.45, 2.75) is 12.8 Å². The van der Waals surface area contributed by atoms with Gasteiger partial charge in [0.2, 0.25) is 0 Å². The molecular formula is C10H14O10S2. The van der Waals surface area contributed by atoms with Crippen molar-refractivity contribution in [2.75, 3.05) is 13.2 Å². The fourth-order valence-electron chi connectivity index (χ4n) is 0.826. The zero-order valence-electron chi connectivity index (χ0n) is 11.3. The van der Waals surface area contributed by atoms with Crippen LogP contribution in [0.2, 0.25) is 0 Å². The number of carbonyl (C=O) groups is 2. The Morgan fingerprint density at radius 2 is 1.09 bits per heavy atom. The highest BCUT2D eigenvalue weighted by atomic mass is 32.3. The van der Waals surface area contributed by atoms with Crippen LogP contribution in [0.1, 0.15) is 12.8 Å². The molecule has 0 spiro atoms. The molecule has 0 aliphatic carbocycles. The summed E-state index contributed by atoms with van der Waals surface area (Å²) < 4.78 is 60.3. The molecule has 0 saturated heterocycles. The van der Waals surface area contributed by atoms with E-state index in [1.54, 1.807) is 0 Å². The van der Waals surface area contributed by atoms with E-state index in [1.165, 1.54) is 0 Å². The van der Waals surface area contributed by atoms with Gasteiger partial charge in [0.25, 0.3) is 0 Å². The first-order chi connectivity index (χ1) is 10.1. The van der Waals surface area contributed by atoms with Gasteiger partial charge in [-0.05, 0) is 0 Å². The summed E-state index contributed by atoms with van der Waals surface area (Å²) >= 11 is 0. The van der Waals surface area contributed by atoms with Crippen molar-refractivity contribution in [3.8, 4) is 0 Å². The Bertz CT molecular complexity index is 560. The fraction of sp³-hybridized carbons (Fsp3) is 0.400. The minimum absolute atomic E-state index is 0.406. The largest absolute Gasteiger partial charge is 0.451 e. The Labute approximate surface area is 128 Å². The van der Waals surface area contributed by atoms with Crippen molar-refractivity contribution in [1.29, 1.82) is 0 Å². The van der Waals surface area contributed by atoms with Crippen LogP contribution >= 0.6 is 0 Å². The predicted octanol–water partition coefficient (Wildman–Crippen LogP) is -0.252. The van der Waals surface area contributed by atoms with E-state index in [-0.39, 0.29) is 0 Å². The molecule has 0 aliphatic rings. The van der Waals surface area contributed by atoms with Crippen molar-refractivity contribution in [1.82, 2.24) is 0 Å². The lowest BCUT2D eigenvalue weighted by Gasteiger charge is -2.05. The average Bonchev–Trinajstić information content (AvgIpc) is 2.40. The Morgan fingerprint density at radius 3 is 1.36 bits per heavy atom. The summed E-state index contributed by atoms with van der Waals surface area (Å²) in [7, 11) is -9.13. The Hall–Kier alpha value is -1.76. The van der Waals surface area contributed by atoms with Gasteiger partial charge in [0, 0.05) is 0 Å². The summed E-state index contributed by atoms with van der Waals surface area (Å²) in [5.41, 5.74) is 0. The van der Waals surface area contributed by atoms with Gasteiger partial charge in [0.1, 0.15) is 0 Å². The van der Waals surface area contributed by atoms with Crippen LogP contribution < -0.4 is 0 Å². The first-order valence-corrected chi connectivity index (χ1v) is 8.23. The van der Waals surface area contributed by atoms with Gasteiger partial charge in [-0.1, -0.05) is 12.2 Å². The third-order valence-corrected chi connectivity index (χ3v) is 3.21. The summed E-state index contributed by atoms with van der Waals surface area (Å²) in [5, 5.41) is 0. The molecule has 0 atom stereocenters. The summed E-state index contributed by atoms with van der Waals surface area (Å²) in [4.78, 5) is 22.3. The maximum Gasteiger partial charge on any atom is 0.451 e. The molecule has 0 heterocycles. The van der Waals surface area contributed by atoms with E-state index in [2.05, 4.69) is 29.9 Å². The molecule has 0 aromatic carbocycles. The first-order valence-electron chi connectivity index (χ1n) is 5.57. The summed E-state index contributed by atoms with van der Waals surface area (Å²) in [6.45, 7) is 5.57. The van der Waals surface area contributed by atoms with Gasteiger partial charge in [-0.2, -0.15) is 16.8 Å². The topological polar surface area (TPSA) is 139 Å². The third kappa shape index (κ3) is 10.0. The van der Waals surface area contributed by atoms with Crippen LogP contribution in [0.4, 0.5) is 0 Å². The molecule has 0 saturated carbocycles. The second-order valence-electron chi connectivity index (χ2n) is 3.37. The normalized spacial score (nSPS) is 11.5. The molecule has 0 aromatic rings. The molecule has 0 bridgehead atoms. The van der Waals surface area contributed by atoms with Crippen molar-refractivity contribution >= 4 is 32.7 Å². The van der Waals surface area contributed by atoms with E-state index in [1.807, 2.05) is 0 Å². The van der Waals surface area contributed by atoms with E-state index in [0.717, 1.165) is 12.2 Å². The third-order valence-electron chi connectivity index (χ3n) is 1.58. The number of carbonyl (C=O) groups excluding carboxylic acids is 2. The molecule has 12 heteroatoms. The lowest BCUT2D eigenvalue weighted by Crippen LogP contribution is -2.19. The van der Waals surface area contributed by atoms with E-state index in [0.29, 0.717) is 0 Å². The highest BCUT2D eigenvalue weighted by Crippen LogP contribution is 2.05. The first kappa shape index (κ1) is 20.2. The Kier molecular flexibility index (Phi) is 8.55. The minimum Gasteiger partial charge on any atom is -0.325 e. The van der Waals surface area contributed by atoms with Gasteiger partial charge in [0.05, 0.1) is 26.1 Å². The van der Waals surface area contributed by atoms with Crippen LogP contribution in [0.15, 0.2) is 25.3 Å². The highest BCUT2D eigenvalue weighted by Gasteiger charge is 2.22. The van der Waals surface area contributed by atoms with Crippen molar-refractivity contribution < 1.29 is 43.2 Å². The molecule has 0 radical (unpaired) electrons. The van der Waals surface area contributed by atoms with Crippen molar-refractivity contribution in [3.63, 3.8) is 0 Å². The monoisotopic (exact) mass is 358 g/mol. The maximum absolute atomic E-state index is 11.2. The second kappa shape index (κ2) is 9.30. The SMILES string of the molecule is C=CCOS(=O)(=O)OC(=O)CCC(=O)OS(=O)(=O)OCC=C. The molecular weight excluding hydrogens is 344 g/mol. The summed E-state index contributed by atoms with van der Waals surface area (Å²) in [6, 6.07) is 0. The minimum atomic E-state index is -4.56. The molecule has 0 N–H and O–H groups in total. The van der Waals surface area contributed by atoms with Gasteiger partial charge in [0.15, 0.2) is 0 Å². The lowest BCUT2D eigenvalue weighted by atomic mass is 10.3. The molecule has 0 aliphatic heterocycles. The van der Waals surface area contributed by atoms with Crippen molar-refractivity contribution in [2.24, 2.45) is 0 Å². The predicted molar refractivity (Wildman–Crippen MR) is 71.6 cm³/mol. The smallest absolute Gasteiger partial charge is 0.325 e. The molecule has 0 rings (SSSR count). The van der Waals surface area contributed by atoms with Crippen LogP contribution in [0, 0.1) is 0 Å². The van der Waals surface area contributed by atoms with Crippen LogP contribution in [0.5, 0.6) is 0 Å². The van der Waals surface area contributed by atoms with Crippen LogP contribution in [0.25, 0.3) is 0 Å². The quantitative estimate of drug-likeness (QED) is 0.454. The molecule has 10 nitrogen and oxygen atoms in total. The molecule has 0 amide bonds. The zero-order chi connectivity index (χ0) is 17.2. The molecule has 22 heavy (non-hydrogen) atoms.